The van der Waals surface area contributed by atoms with E-state index in [-0.39, 0.29) is 11.2 Å². The van der Waals surface area contributed by atoms with Crippen molar-refractivity contribution in [2.75, 3.05) is 7.11 Å². The van der Waals surface area contributed by atoms with Gasteiger partial charge in [-0.25, -0.2) is 4.79 Å². The molecule has 0 unspecified atom stereocenters. The number of ether oxygens (including phenoxy) is 1. The third-order valence-electron chi connectivity index (χ3n) is 4.10. The lowest BCUT2D eigenvalue weighted by Crippen LogP contribution is -2.41. The maximum atomic E-state index is 11.1. The number of methoxy groups -OCH3 is 1. The Kier molecular flexibility index (Phi) is 4.30. The molecule has 1 aromatic rings. The Balaban J connectivity index is 2.10. The number of benzene rings is 1. The van der Waals surface area contributed by atoms with E-state index in [0.717, 1.165) is 11.0 Å². The standard InChI is InChI=1S/C15H22BNO4/c1-14(2)15(3,4)21-16(20-14)12-8-6-7-11(9-12)10-17-13(18)19-5/h6-9H,10H2,1-5H3,(H,17,18). The molecule has 0 spiro atoms. The Morgan fingerprint density at radius 3 is 2.43 bits per heavy atom. The van der Waals surface area contributed by atoms with Crippen LogP contribution in [0.5, 0.6) is 0 Å². The monoisotopic (exact) mass is 291 g/mol. The van der Waals surface area contributed by atoms with E-state index in [2.05, 4.69) is 10.1 Å². The highest BCUT2D eigenvalue weighted by Gasteiger charge is 2.51. The van der Waals surface area contributed by atoms with Crippen molar-refractivity contribution in [1.29, 1.82) is 0 Å². The average molecular weight is 291 g/mol. The molecule has 1 N–H and O–H groups in total. The molecule has 114 valence electrons. The summed E-state index contributed by atoms with van der Waals surface area (Å²) in [5.74, 6) is 0. The van der Waals surface area contributed by atoms with Crippen LogP contribution in [-0.2, 0) is 20.6 Å². The van der Waals surface area contributed by atoms with Crippen LogP contribution in [0.3, 0.4) is 0 Å². The van der Waals surface area contributed by atoms with Crippen LogP contribution in [-0.4, -0.2) is 31.5 Å². The molecule has 1 amide bonds. The number of amides is 1. The van der Waals surface area contributed by atoms with Gasteiger partial charge in [0.2, 0.25) is 0 Å². The first kappa shape index (κ1) is 15.9. The van der Waals surface area contributed by atoms with Gasteiger partial charge in [-0.1, -0.05) is 24.3 Å². The SMILES string of the molecule is COC(=O)NCc1cccc(B2OC(C)(C)C(C)(C)O2)c1. The molecule has 1 aliphatic heterocycles. The summed E-state index contributed by atoms with van der Waals surface area (Å²) in [5.41, 5.74) is 1.18. The Bertz CT molecular complexity index is 514. The molecule has 0 bridgehead atoms. The Morgan fingerprint density at radius 1 is 1.24 bits per heavy atom. The van der Waals surface area contributed by atoms with Gasteiger partial charge in [0, 0.05) is 6.54 Å². The van der Waals surface area contributed by atoms with Gasteiger partial charge in [-0.15, -0.1) is 0 Å². The Hall–Kier alpha value is -1.53. The number of alkyl carbamates (subject to hydrolysis) is 1. The molecule has 21 heavy (non-hydrogen) atoms. The van der Waals surface area contributed by atoms with E-state index in [1.165, 1.54) is 7.11 Å². The molecule has 5 nitrogen and oxygen atoms in total. The fraction of sp³-hybridized carbons (Fsp3) is 0.533. The van der Waals surface area contributed by atoms with Crippen molar-refractivity contribution < 1.29 is 18.8 Å². The normalized spacial score (nSPS) is 19.4. The molecule has 1 heterocycles. The summed E-state index contributed by atoms with van der Waals surface area (Å²) in [5, 5.41) is 2.66. The molecular weight excluding hydrogens is 269 g/mol. The van der Waals surface area contributed by atoms with Crippen LogP contribution in [0, 0.1) is 0 Å². The third kappa shape index (κ3) is 3.39. The highest BCUT2D eigenvalue weighted by atomic mass is 16.7. The van der Waals surface area contributed by atoms with Crippen LogP contribution in [0.25, 0.3) is 0 Å². The second kappa shape index (κ2) is 5.69. The second-order valence-corrected chi connectivity index (χ2v) is 6.18. The van der Waals surface area contributed by atoms with Gasteiger partial charge >= 0.3 is 13.2 Å². The molecule has 1 aromatic carbocycles. The highest BCUT2D eigenvalue weighted by molar-refractivity contribution is 6.62. The summed E-state index contributed by atoms with van der Waals surface area (Å²) in [6.45, 7) is 8.50. The number of hydrogen-bond acceptors (Lipinski definition) is 4. The van der Waals surface area contributed by atoms with Gasteiger partial charge in [-0.05, 0) is 38.7 Å². The molecule has 1 aliphatic rings. The third-order valence-corrected chi connectivity index (χ3v) is 4.10. The lowest BCUT2D eigenvalue weighted by atomic mass is 9.78. The van der Waals surface area contributed by atoms with Gasteiger partial charge < -0.3 is 19.4 Å². The lowest BCUT2D eigenvalue weighted by Gasteiger charge is -2.32. The van der Waals surface area contributed by atoms with Gasteiger partial charge in [0.15, 0.2) is 0 Å². The smallest absolute Gasteiger partial charge is 0.453 e. The lowest BCUT2D eigenvalue weighted by molar-refractivity contribution is 0.00578. The fourth-order valence-electron chi connectivity index (χ4n) is 2.08. The van der Waals surface area contributed by atoms with Gasteiger partial charge in [-0.2, -0.15) is 0 Å². The number of rotatable bonds is 3. The zero-order chi connectivity index (χ0) is 15.7. The minimum absolute atomic E-state index is 0.363. The first-order chi connectivity index (χ1) is 9.75. The van der Waals surface area contributed by atoms with E-state index >= 15 is 0 Å². The number of carbonyl (C=O) groups is 1. The maximum absolute atomic E-state index is 11.1. The second-order valence-electron chi connectivity index (χ2n) is 6.18. The highest BCUT2D eigenvalue weighted by Crippen LogP contribution is 2.36. The van der Waals surface area contributed by atoms with Gasteiger partial charge in [0.25, 0.3) is 0 Å². The fourth-order valence-corrected chi connectivity index (χ4v) is 2.08. The van der Waals surface area contributed by atoms with E-state index in [0.29, 0.717) is 6.54 Å². The molecule has 2 rings (SSSR count). The van der Waals surface area contributed by atoms with Crippen molar-refractivity contribution in [3.63, 3.8) is 0 Å². The Morgan fingerprint density at radius 2 is 1.86 bits per heavy atom. The van der Waals surface area contributed by atoms with Crippen LogP contribution in [0.2, 0.25) is 0 Å². The molecular formula is C15H22BNO4. The van der Waals surface area contributed by atoms with E-state index < -0.39 is 13.2 Å². The van der Waals surface area contributed by atoms with Crippen molar-refractivity contribution in [3.05, 3.63) is 29.8 Å². The summed E-state index contributed by atoms with van der Waals surface area (Å²) in [4.78, 5) is 11.1. The van der Waals surface area contributed by atoms with Crippen molar-refractivity contribution in [2.45, 2.75) is 45.4 Å². The Labute approximate surface area is 126 Å². The van der Waals surface area contributed by atoms with Crippen LogP contribution in [0.4, 0.5) is 4.79 Å². The van der Waals surface area contributed by atoms with Crippen LogP contribution < -0.4 is 10.8 Å². The van der Waals surface area contributed by atoms with Crippen LogP contribution in [0.15, 0.2) is 24.3 Å². The van der Waals surface area contributed by atoms with Gasteiger partial charge in [0.1, 0.15) is 0 Å². The quantitative estimate of drug-likeness (QED) is 0.863. The summed E-state index contributed by atoms with van der Waals surface area (Å²) in [6.07, 6.45) is -0.448. The minimum atomic E-state index is -0.448. The predicted molar refractivity (Wildman–Crippen MR) is 81.4 cm³/mol. The molecule has 1 fully saturated rings. The van der Waals surface area contributed by atoms with E-state index in [4.69, 9.17) is 9.31 Å². The van der Waals surface area contributed by atoms with Gasteiger partial charge in [0.05, 0.1) is 18.3 Å². The first-order valence-electron chi connectivity index (χ1n) is 7.01. The molecule has 1 saturated heterocycles. The van der Waals surface area contributed by atoms with Crippen molar-refractivity contribution in [1.82, 2.24) is 5.32 Å². The molecule has 0 aromatic heterocycles. The topological polar surface area (TPSA) is 56.8 Å². The molecule has 0 saturated carbocycles. The minimum Gasteiger partial charge on any atom is -0.453 e. The predicted octanol–water partition coefficient (Wildman–Crippen LogP) is 1.84. The summed E-state index contributed by atoms with van der Waals surface area (Å²) >= 11 is 0. The number of hydrogen-bond donors (Lipinski definition) is 1. The van der Waals surface area contributed by atoms with E-state index in [9.17, 15) is 4.79 Å². The zero-order valence-electron chi connectivity index (χ0n) is 13.2. The number of carbonyl (C=O) groups excluding carboxylic acids is 1. The van der Waals surface area contributed by atoms with E-state index in [1.807, 2.05) is 52.0 Å². The first-order valence-corrected chi connectivity index (χ1v) is 7.01. The summed E-state index contributed by atoms with van der Waals surface area (Å²) < 4.78 is 16.6. The number of nitrogens with one attached hydrogen (secondary N) is 1. The summed E-state index contributed by atoms with van der Waals surface area (Å²) in [7, 11) is 0.948. The molecule has 0 aliphatic carbocycles. The zero-order valence-corrected chi connectivity index (χ0v) is 13.2. The maximum Gasteiger partial charge on any atom is 0.494 e. The summed E-state index contributed by atoms with van der Waals surface area (Å²) in [6, 6.07) is 7.79. The van der Waals surface area contributed by atoms with Crippen LogP contribution >= 0.6 is 0 Å². The largest absolute Gasteiger partial charge is 0.494 e. The molecule has 0 radical (unpaired) electrons. The average Bonchev–Trinajstić information content (AvgIpc) is 2.65. The molecule has 0 atom stereocenters. The van der Waals surface area contributed by atoms with Crippen molar-refractivity contribution >= 4 is 18.7 Å². The van der Waals surface area contributed by atoms with Crippen molar-refractivity contribution in [2.24, 2.45) is 0 Å². The van der Waals surface area contributed by atoms with Crippen molar-refractivity contribution in [3.8, 4) is 0 Å². The van der Waals surface area contributed by atoms with Crippen LogP contribution in [0.1, 0.15) is 33.3 Å². The van der Waals surface area contributed by atoms with Gasteiger partial charge in [-0.3, -0.25) is 0 Å². The van der Waals surface area contributed by atoms with E-state index in [1.54, 1.807) is 0 Å². The molecule has 6 heteroatoms.